The van der Waals surface area contributed by atoms with Gasteiger partial charge in [-0.15, -0.1) is 0 Å². The molecule has 0 unspecified atom stereocenters. The Hall–Kier alpha value is -3.10. The van der Waals surface area contributed by atoms with Gasteiger partial charge in [0.2, 0.25) is 11.5 Å². The van der Waals surface area contributed by atoms with Crippen LogP contribution in [0.2, 0.25) is 0 Å². The van der Waals surface area contributed by atoms with Crippen molar-refractivity contribution in [2.75, 3.05) is 27.4 Å². The maximum atomic E-state index is 9.98. The van der Waals surface area contributed by atoms with E-state index < -0.39 is 12.2 Å². The van der Waals surface area contributed by atoms with Gasteiger partial charge in [0, 0.05) is 5.56 Å². The second-order valence-corrected chi connectivity index (χ2v) is 6.10. The third-order valence-corrected chi connectivity index (χ3v) is 4.35. The van der Waals surface area contributed by atoms with Gasteiger partial charge in [-0.2, -0.15) is 0 Å². The van der Waals surface area contributed by atoms with E-state index in [-0.39, 0.29) is 30.5 Å². The average Bonchev–Trinajstić information content (AvgIpc) is 2.72. The van der Waals surface area contributed by atoms with Gasteiger partial charge >= 0.3 is 0 Å². The molecule has 0 fully saturated rings. The Balaban J connectivity index is 2.06. The zero-order valence-electron chi connectivity index (χ0n) is 15.5. The maximum Gasteiger partial charge on any atom is 0.204 e. The van der Waals surface area contributed by atoms with E-state index in [4.69, 9.17) is 24.1 Å². The summed E-state index contributed by atoms with van der Waals surface area (Å²) in [5.74, 6) is 0.433. The van der Waals surface area contributed by atoms with Gasteiger partial charge in [0.15, 0.2) is 35.2 Å². The van der Waals surface area contributed by atoms with Crippen molar-refractivity contribution in [2.24, 2.45) is 0 Å². The van der Waals surface area contributed by atoms with Crippen molar-refractivity contribution in [3.63, 3.8) is 0 Å². The molecule has 28 heavy (non-hydrogen) atoms. The maximum absolute atomic E-state index is 9.98. The zero-order valence-corrected chi connectivity index (χ0v) is 15.5. The Morgan fingerprint density at radius 2 is 1.75 bits per heavy atom. The van der Waals surface area contributed by atoms with Gasteiger partial charge in [-0.3, -0.25) is 0 Å². The van der Waals surface area contributed by atoms with Gasteiger partial charge in [-0.1, -0.05) is 12.2 Å². The molecule has 8 heteroatoms. The van der Waals surface area contributed by atoms with Crippen LogP contribution in [0, 0.1) is 0 Å². The second kappa shape index (κ2) is 8.28. The van der Waals surface area contributed by atoms with Gasteiger partial charge in [-0.25, -0.2) is 0 Å². The quantitative estimate of drug-likeness (QED) is 0.553. The van der Waals surface area contributed by atoms with Crippen molar-refractivity contribution in [1.29, 1.82) is 0 Å². The molecule has 0 bridgehead atoms. The fourth-order valence-corrected chi connectivity index (χ4v) is 3.01. The highest BCUT2D eigenvalue weighted by molar-refractivity contribution is 5.63. The predicted octanol–water partition coefficient (Wildman–Crippen LogP) is 1.99. The monoisotopic (exact) mass is 390 g/mol. The van der Waals surface area contributed by atoms with Gasteiger partial charge in [0.05, 0.1) is 27.4 Å². The Morgan fingerprint density at radius 3 is 2.39 bits per heavy atom. The molecule has 2 atom stereocenters. The normalized spacial score (nSPS) is 18.3. The lowest BCUT2D eigenvalue weighted by molar-refractivity contribution is -0.0142. The molecule has 2 aromatic rings. The van der Waals surface area contributed by atoms with Crippen LogP contribution in [0.25, 0.3) is 6.08 Å². The lowest BCUT2D eigenvalue weighted by atomic mass is 10.0. The Labute approximate surface area is 161 Å². The first-order chi connectivity index (χ1) is 13.5. The molecule has 0 spiro atoms. The fourth-order valence-electron chi connectivity index (χ4n) is 3.01. The number of hydrogen-bond donors (Lipinski definition) is 4. The van der Waals surface area contributed by atoms with E-state index in [0.717, 1.165) is 5.56 Å². The largest absolute Gasteiger partial charge is 0.504 e. The van der Waals surface area contributed by atoms with E-state index in [1.54, 1.807) is 24.3 Å². The first-order valence-corrected chi connectivity index (χ1v) is 8.55. The molecule has 150 valence electrons. The Morgan fingerprint density at radius 1 is 1.00 bits per heavy atom. The van der Waals surface area contributed by atoms with E-state index in [2.05, 4.69) is 0 Å². The molecule has 0 amide bonds. The molecule has 4 N–H and O–H groups in total. The van der Waals surface area contributed by atoms with Crippen LogP contribution in [-0.2, 0) is 0 Å². The lowest BCUT2D eigenvalue weighted by Gasteiger charge is -2.34. The highest BCUT2D eigenvalue weighted by Gasteiger charge is 2.35. The second-order valence-electron chi connectivity index (χ2n) is 6.10. The number of fused-ring (bicyclic) bond motifs is 1. The zero-order chi connectivity index (χ0) is 20.3. The van der Waals surface area contributed by atoms with E-state index in [1.165, 1.54) is 26.4 Å². The topological polar surface area (TPSA) is 118 Å². The number of aliphatic hydroxyl groups excluding tert-OH is 2. The lowest BCUT2D eigenvalue weighted by Crippen LogP contribution is -2.36. The summed E-state index contributed by atoms with van der Waals surface area (Å²) in [4.78, 5) is 0. The minimum atomic E-state index is -0.783. The Bertz CT molecular complexity index is 877. The third kappa shape index (κ3) is 3.64. The minimum absolute atomic E-state index is 0.0679. The summed E-state index contributed by atoms with van der Waals surface area (Å²) >= 11 is 0. The van der Waals surface area contributed by atoms with Crippen molar-refractivity contribution in [2.45, 2.75) is 12.2 Å². The van der Waals surface area contributed by atoms with Crippen molar-refractivity contribution in [3.05, 3.63) is 41.5 Å². The molecular weight excluding hydrogens is 368 g/mol. The third-order valence-electron chi connectivity index (χ3n) is 4.35. The van der Waals surface area contributed by atoms with E-state index in [0.29, 0.717) is 22.8 Å². The van der Waals surface area contributed by atoms with Crippen LogP contribution in [0.4, 0.5) is 0 Å². The fraction of sp³-hybridized carbons (Fsp3) is 0.300. The highest BCUT2D eigenvalue weighted by Crippen LogP contribution is 2.48. The average molecular weight is 390 g/mol. The van der Waals surface area contributed by atoms with Crippen molar-refractivity contribution >= 4 is 6.08 Å². The van der Waals surface area contributed by atoms with Gasteiger partial charge in [0.1, 0.15) is 0 Å². The number of phenols is 2. The molecule has 0 aromatic heterocycles. The molecule has 0 radical (unpaired) electrons. The summed E-state index contributed by atoms with van der Waals surface area (Å²) < 4.78 is 22.4. The number of aromatic hydroxyl groups is 2. The van der Waals surface area contributed by atoms with Crippen LogP contribution in [0.5, 0.6) is 34.5 Å². The van der Waals surface area contributed by atoms with Crippen molar-refractivity contribution in [3.8, 4) is 34.5 Å². The summed E-state index contributed by atoms with van der Waals surface area (Å²) in [5.41, 5.74) is 1.17. The van der Waals surface area contributed by atoms with Gasteiger partial charge in [-0.05, 0) is 29.8 Å². The molecule has 8 nitrogen and oxygen atoms in total. The number of methoxy groups -OCH3 is 2. The van der Waals surface area contributed by atoms with Crippen LogP contribution < -0.4 is 18.9 Å². The predicted molar refractivity (Wildman–Crippen MR) is 100 cm³/mol. The number of aliphatic hydroxyl groups is 2. The molecule has 3 rings (SSSR count). The van der Waals surface area contributed by atoms with E-state index in [9.17, 15) is 15.3 Å². The number of phenolic OH excluding ortho intramolecular Hbond substituents is 2. The molecule has 1 aliphatic heterocycles. The summed E-state index contributed by atoms with van der Waals surface area (Å²) in [5, 5.41) is 38.6. The molecule has 1 aliphatic rings. The molecule has 0 saturated heterocycles. The molecule has 2 aromatic carbocycles. The van der Waals surface area contributed by atoms with Crippen LogP contribution in [-0.4, -0.2) is 54.0 Å². The van der Waals surface area contributed by atoms with Crippen LogP contribution in [0.1, 0.15) is 17.2 Å². The first-order valence-electron chi connectivity index (χ1n) is 8.55. The summed E-state index contributed by atoms with van der Waals surface area (Å²) in [6.07, 6.45) is 1.71. The number of hydrogen-bond acceptors (Lipinski definition) is 8. The molecule has 0 aliphatic carbocycles. The van der Waals surface area contributed by atoms with Crippen LogP contribution in [0.15, 0.2) is 30.3 Å². The number of rotatable bonds is 6. The van der Waals surface area contributed by atoms with Crippen molar-refractivity contribution < 1.29 is 39.4 Å². The number of ether oxygens (including phenoxy) is 4. The van der Waals surface area contributed by atoms with Crippen molar-refractivity contribution in [1.82, 2.24) is 0 Å². The number of benzene rings is 2. The molecule has 0 saturated carbocycles. The van der Waals surface area contributed by atoms with Crippen LogP contribution >= 0.6 is 0 Å². The molecular formula is C20H22O8. The van der Waals surface area contributed by atoms with E-state index in [1.807, 2.05) is 0 Å². The summed E-state index contributed by atoms with van der Waals surface area (Å²) in [6.45, 7) is -0.470. The SMILES string of the molecule is COc1cc([C@@H]2Oc3cc(/C=C/CO)cc(OC)c3O[C@H]2CO)cc(O)c1O. The summed E-state index contributed by atoms with van der Waals surface area (Å²) in [6, 6.07) is 6.26. The first kappa shape index (κ1) is 19.7. The van der Waals surface area contributed by atoms with Crippen LogP contribution in [0.3, 0.4) is 0 Å². The van der Waals surface area contributed by atoms with E-state index >= 15 is 0 Å². The molecule has 1 heterocycles. The van der Waals surface area contributed by atoms with Gasteiger partial charge in [0.25, 0.3) is 0 Å². The smallest absolute Gasteiger partial charge is 0.204 e. The highest BCUT2D eigenvalue weighted by atomic mass is 16.6. The van der Waals surface area contributed by atoms with Gasteiger partial charge < -0.3 is 39.4 Å². The summed E-state index contributed by atoms with van der Waals surface area (Å²) in [7, 11) is 2.85. The Kier molecular flexibility index (Phi) is 5.81. The minimum Gasteiger partial charge on any atom is -0.504 e. The standard InChI is InChI=1S/C20H22O8/c1-25-14-9-12(8-13(23)18(14)24)19-17(10-22)28-20-15(26-2)6-11(4-3-5-21)7-16(20)27-19/h3-4,6-9,17,19,21-24H,5,10H2,1-2H3/b4-3+/t17-,19-/m0/s1.